The Morgan fingerprint density at radius 1 is 1.23 bits per heavy atom. The number of carbonyl (C=O) groups is 2. The molecule has 3 heterocycles. The van der Waals surface area contributed by atoms with Gasteiger partial charge in [0.15, 0.2) is 0 Å². The van der Waals surface area contributed by atoms with Crippen LogP contribution in [0.25, 0.3) is 11.4 Å². The number of halogens is 1. The summed E-state index contributed by atoms with van der Waals surface area (Å²) in [6.07, 6.45) is 3.10. The summed E-state index contributed by atoms with van der Waals surface area (Å²) >= 11 is 6.05. The van der Waals surface area contributed by atoms with E-state index >= 15 is 0 Å². The van der Waals surface area contributed by atoms with Crippen molar-refractivity contribution in [2.24, 2.45) is 5.92 Å². The SMILES string of the molecule is COc1ccc(Cl)cc1NC(=O)[C@H]1CCCN(C(=O)c2cc(-c3ccccn3)n[nH]2)C1. The minimum absolute atomic E-state index is 0.170. The Morgan fingerprint density at radius 2 is 2.10 bits per heavy atom. The van der Waals surface area contributed by atoms with Gasteiger partial charge in [0, 0.05) is 24.3 Å². The van der Waals surface area contributed by atoms with Gasteiger partial charge in [-0.25, -0.2) is 0 Å². The van der Waals surface area contributed by atoms with Crippen LogP contribution in [0.1, 0.15) is 23.3 Å². The van der Waals surface area contributed by atoms with Gasteiger partial charge in [-0.15, -0.1) is 0 Å². The lowest BCUT2D eigenvalue weighted by molar-refractivity contribution is -0.121. The van der Waals surface area contributed by atoms with Crippen LogP contribution in [0.2, 0.25) is 5.02 Å². The molecule has 0 radical (unpaired) electrons. The molecule has 31 heavy (non-hydrogen) atoms. The molecule has 1 aliphatic heterocycles. The highest BCUT2D eigenvalue weighted by atomic mass is 35.5. The van der Waals surface area contributed by atoms with Gasteiger partial charge in [0.05, 0.1) is 24.4 Å². The maximum atomic E-state index is 13.0. The van der Waals surface area contributed by atoms with Crippen LogP contribution >= 0.6 is 11.6 Å². The van der Waals surface area contributed by atoms with Crippen molar-refractivity contribution in [1.82, 2.24) is 20.1 Å². The predicted octanol–water partition coefficient (Wildman–Crippen LogP) is 3.62. The molecule has 0 saturated carbocycles. The molecule has 0 unspecified atom stereocenters. The average molecular weight is 440 g/mol. The fourth-order valence-corrected chi connectivity index (χ4v) is 3.81. The van der Waals surface area contributed by atoms with Crippen molar-refractivity contribution < 1.29 is 14.3 Å². The number of anilines is 1. The number of pyridine rings is 1. The van der Waals surface area contributed by atoms with Crippen molar-refractivity contribution in [3.63, 3.8) is 0 Å². The van der Waals surface area contributed by atoms with Gasteiger partial charge >= 0.3 is 0 Å². The molecule has 8 nitrogen and oxygen atoms in total. The Labute approximate surface area is 184 Å². The van der Waals surface area contributed by atoms with E-state index in [-0.39, 0.29) is 17.7 Å². The number of methoxy groups -OCH3 is 1. The van der Waals surface area contributed by atoms with Gasteiger partial charge in [-0.05, 0) is 49.2 Å². The minimum Gasteiger partial charge on any atom is -0.495 e. The third-order valence-electron chi connectivity index (χ3n) is 5.23. The fourth-order valence-electron chi connectivity index (χ4n) is 3.64. The summed E-state index contributed by atoms with van der Waals surface area (Å²) in [7, 11) is 1.53. The van der Waals surface area contributed by atoms with Crippen LogP contribution in [-0.2, 0) is 4.79 Å². The van der Waals surface area contributed by atoms with Gasteiger partial charge < -0.3 is 15.0 Å². The van der Waals surface area contributed by atoms with E-state index in [4.69, 9.17) is 16.3 Å². The average Bonchev–Trinajstić information content (AvgIpc) is 3.30. The van der Waals surface area contributed by atoms with Crippen LogP contribution in [0.15, 0.2) is 48.7 Å². The molecule has 1 fully saturated rings. The molecule has 2 amide bonds. The van der Waals surface area contributed by atoms with E-state index in [0.29, 0.717) is 53.1 Å². The number of nitrogens with zero attached hydrogens (tertiary/aromatic N) is 3. The highest BCUT2D eigenvalue weighted by Gasteiger charge is 2.30. The van der Waals surface area contributed by atoms with Crippen molar-refractivity contribution >= 4 is 29.1 Å². The molecule has 1 aromatic carbocycles. The monoisotopic (exact) mass is 439 g/mol. The standard InChI is InChI=1S/C22H22ClN5O3/c1-31-20-8-7-15(23)11-18(20)25-21(29)14-5-4-10-28(13-14)22(30)19-12-17(26-27-19)16-6-2-3-9-24-16/h2-3,6-9,11-12,14H,4-5,10,13H2,1H3,(H,25,29)(H,26,27)/t14-/m0/s1. The molecule has 1 saturated heterocycles. The van der Waals surface area contributed by atoms with Crippen molar-refractivity contribution in [2.45, 2.75) is 12.8 Å². The summed E-state index contributed by atoms with van der Waals surface area (Å²) in [5, 5.41) is 10.4. The van der Waals surface area contributed by atoms with Gasteiger partial charge in [0.2, 0.25) is 5.91 Å². The fraction of sp³-hybridized carbons (Fsp3) is 0.273. The molecule has 160 valence electrons. The smallest absolute Gasteiger partial charge is 0.271 e. The first-order chi connectivity index (χ1) is 15.0. The maximum Gasteiger partial charge on any atom is 0.271 e. The van der Waals surface area contributed by atoms with E-state index in [1.54, 1.807) is 35.4 Å². The molecule has 4 rings (SSSR count). The third-order valence-corrected chi connectivity index (χ3v) is 5.47. The first-order valence-electron chi connectivity index (χ1n) is 9.95. The van der Waals surface area contributed by atoms with Crippen molar-refractivity contribution in [3.05, 3.63) is 59.4 Å². The number of piperidine rings is 1. The second-order valence-corrected chi connectivity index (χ2v) is 7.74. The summed E-state index contributed by atoms with van der Waals surface area (Å²) < 4.78 is 5.29. The van der Waals surface area contributed by atoms with Crippen molar-refractivity contribution in [1.29, 1.82) is 0 Å². The highest BCUT2D eigenvalue weighted by Crippen LogP contribution is 2.29. The van der Waals surface area contributed by atoms with Gasteiger partial charge in [-0.2, -0.15) is 5.10 Å². The Kier molecular flexibility index (Phi) is 6.18. The summed E-state index contributed by atoms with van der Waals surface area (Å²) in [4.78, 5) is 31.8. The molecule has 0 bridgehead atoms. The molecule has 2 N–H and O–H groups in total. The molecule has 3 aromatic rings. The van der Waals surface area contributed by atoms with E-state index < -0.39 is 0 Å². The van der Waals surface area contributed by atoms with Gasteiger partial charge in [-0.1, -0.05) is 17.7 Å². The molecular weight excluding hydrogens is 418 g/mol. The van der Waals surface area contributed by atoms with Gasteiger partial charge in [0.25, 0.3) is 5.91 Å². The number of rotatable bonds is 5. The first kappa shape index (κ1) is 20.9. The molecule has 1 atom stereocenters. The number of aromatic amines is 1. The zero-order valence-corrected chi connectivity index (χ0v) is 17.7. The number of carbonyl (C=O) groups excluding carboxylic acids is 2. The summed E-state index contributed by atoms with van der Waals surface area (Å²) in [6, 6.07) is 12.2. The molecule has 0 aliphatic carbocycles. The number of likely N-dealkylation sites (tertiary alicyclic amines) is 1. The van der Waals surface area contributed by atoms with E-state index in [9.17, 15) is 9.59 Å². The van der Waals surface area contributed by atoms with Crippen LogP contribution in [0, 0.1) is 5.92 Å². The quantitative estimate of drug-likeness (QED) is 0.632. The summed E-state index contributed by atoms with van der Waals surface area (Å²) in [5.41, 5.74) is 2.17. The number of amides is 2. The Bertz CT molecular complexity index is 1090. The second kappa shape index (κ2) is 9.18. The number of aromatic nitrogens is 3. The summed E-state index contributed by atoms with van der Waals surface area (Å²) in [6.45, 7) is 0.909. The largest absolute Gasteiger partial charge is 0.495 e. The zero-order valence-electron chi connectivity index (χ0n) is 17.0. The van der Waals surface area contributed by atoms with Crippen LogP contribution in [0.3, 0.4) is 0 Å². The number of hydrogen-bond acceptors (Lipinski definition) is 5. The maximum absolute atomic E-state index is 13.0. The molecule has 1 aliphatic rings. The Morgan fingerprint density at radius 3 is 2.87 bits per heavy atom. The van der Waals surface area contributed by atoms with Gasteiger partial charge in [-0.3, -0.25) is 19.7 Å². The molecule has 0 spiro atoms. The van der Waals surface area contributed by atoms with E-state index in [0.717, 1.165) is 6.42 Å². The van der Waals surface area contributed by atoms with E-state index in [1.165, 1.54) is 7.11 Å². The first-order valence-corrected chi connectivity index (χ1v) is 10.3. The number of ether oxygens (including phenoxy) is 1. The number of nitrogens with one attached hydrogen (secondary N) is 2. The number of H-pyrrole nitrogens is 1. The molecular formula is C22H22ClN5O3. The number of hydrogen-bond donors (Lipinski definition) is 2. The normalized spacial score (nSPS) is 16.1. The zero-order chi connectivity index (χ0) is 21.8. The van der Waals surface area contributed by atoms with E-state index in [2.05, 4.69) is 20.5 Å². The van der Waals surface area contributed by atoms with Crippen LogP contribution in [-0.4, -0.2) is 52.1 Å². The van der Waals surface area contributed by atoms with Crippen molar-refractivity contribution in [2.75, 3.05) is 25.5 Å². The van der Waals surface area contributed by atoms with Gasteiger partial charge in [0.1, 0.15) is 17.1 Å². The topological polar surface area (TPSA) is 100 Å². The highest BCUT2D eigenvalue weighted by molar-refractivity contribution is 6.31. The number of benzene rings is 1. The summed E-state index contributed by atoms with van der Waals surface area (Å²) in [5.74, 6) is -0.162. The van der Waals surface area contributed by atoms with Crippen molar-refractivity contribution in [3.8, 4) is 17.1 Å². The Balaban J connectivity index is 1.44. The van der Waals surface area contributed by atoms with Crippen LogP contribution < -0.4 is 10.1 Å². The van der Waals surface area contributed by atoms with Crippen LogP contribution in [0.4, 0.5) is 5.69 Å². The third kappa shape index (κ3) is 4.69. The Hall–Kier alpha value is -3.39. The van der Waals surface area contributed by atoms with Crippen LogP contribution in [0.5, 0.6) is 5.75 Å². The second-order valence-electron chi connectivity index (χ2n) is 7.31. The lowest BCUT2D eigenvalue weighted by atomic mass is 9.96. The molecule has 9 heteroatoms. The van der Waals surface area contributed by atoms with E-state index in [1.807, 2.05) is 18.2 Å². The lowest BCUT2D eigenvalue weighted by Crippen LogP contribution is -2.43. The molecule has 2 aromatic heterocycles. The lowest BCUT2D eigenvalue weighted by Gasteiger charge is -2.31. The predicted molar refractivity (Wildman–Crippen MR) is 117 cm³/mol. The minimum atomic E-state index is -0.334.